The minimum atomic E-state index is -3.85. The molecule has 1 aromatic carbocycles. The predicted molar refractivity (Wildman–Crippen MR) is 70.1 cm³/mol. The number of nitrogens with one attached hydrogen (secondary N) is 1. The molecule has 6 nitrogen and oxygen atoms in total. The summed E-state index contributed by atoms with van der Waals surface area (Å²) in [5.41, 5.74) is 0.163. The lowest BCUT2D eigenvalue weighted by Gasteiger charge is -2.20. The molecule has 0 heterocycles. The Labute approximate surface area is 107 Å². The predicted octanol–water partition coefficient (Wildman–Crippen LogP) is 0.874. The molecule has 3 N–H and O–H groups in total. The molecule has 0 saturated carbocycles. The Hall–Kier alpha value is -1.12. The molecule has 0 spiro atoms. The van der Waals surface area contributed by atoms with Gasteiger partial charge in [0.25, 0.3) is 0 Å². The molecule has 0 bridgehead atoms. The van der Waals surface area contributed by atoms with Gasteiger partial charge in [0.15, 0.2) is 0 Å². The Morgan fingerprint density at radius 2 is 1.67 bits per heavy atom. The number of rotatable bonds is 3. The summed E-state index contributed by atoms with van der Waals surface area (Å²) in [6, 6.07) is 5.35. The fourth-order valence-electron chi connectivity index (χ4n) is 1.04. The van der Waals surface area contributed by atoms with E-state index in [4.69, 9.17) is 5.14 Å². The number of hydrogen-bond acceptors (Lipinski definition) is 4. The average molecular weight is 292 g/mol. The molecule has 0 aromatic heterocycles. The van der Waals surface area contributed by atoms with E-state index in [-0.39, 0.29) is 10.6 Å². The van der Waals surface area contributed by atoms with Gasteiger partial charge in [-0.1, -0.05) is 6.07 Å². The highest BCUT2D eigenvalue weighted by atomic mass is 32.2. The van der Waals surface area contributed by atoms with Crippen molar-refractivity contribution in [1.29, 1.82) is 0 Å². The van der Waals surface area contributed by atoms with Crippen molar-refractivity contribution in [2.75, 3.05) is 4.72 Å². The summed E-state index contributed by atoms with van der Waals surface area (Å²) in [5, 5.41) is 4.97. The molecule has 0 aliphatic rings. The van der Waals surface area contributed by atoms with Crippen LogP contribution >= 0.6 is 0 Å². The third-order valence-electron chi connectivity index (χ3n) is 2.22. The highest BCUT2D eigenvalue weighted by Crippen LogP contribution is 2.21. The Kier molecular flexibility index (Phi) is 3.75. The number of primary sulfonamides is 1. The van der Waals surface area contributed by atoms with E-state index in [1.54, 1.807) is 20.8 Å². The summed E-state index contributed by atoms with van der Waals surface area (Å²) in [5.74, 6) is 0. The third kappa shape index (κ3) is 3.44. The van der Waals surface area contributed by atoms with E-state index >= 15 is 0 Å². The van der Waals surface area contributed by atoms with Crippen LogP contribution in [-0.4, -0.2) is 21.6 Å². The van der Waals surface area contributed by atoms with Crippen LogP contribution in [0.2, 0.25) is 0 Å². The molecule has 102 valence electrons. The first kappa shape index (κ1) is 14.9. The van der Waals surface area contributed by atoms with E-state index in [1.165, 1.54) is 24.3 Å². The van der Waals surface area contributed by atoms with E-state index in [0.29, 0.717) is 0 Å². The number of sulfonamides is 2. The van der Waals surface area contributed by atoms with Crippen LogP contribution in [0.5, 0.6) is 0 Å². The highest BCUT2D eigenvalue weighted by molar-refractivity contribution is 7.94. The lowest BCUT2D eigenvalue weighted by Crippen LogP contribution is -2.33. The van der Waals surface area contributed by atoms with Crippen LogP contribution in [0.3, 0.4) is 0 Å². The van der Waals surface area contributed by atoms with Crippen LogP contribution in [0, 0.1) is 0 Å². The summed E-state index contributed by atoms with van der Waals surface area (Å²) in [7, 11) is -7.45. The lowest BCUT2D eigenvalue weighted by atomic mass is 10.3. The SMILES string of the molecule is CC(C)(C)S(=O)(=O)Nc1cccc(S(N)(=O)=O)c1. The smallest absolute Gasteiger partial charge is 0.238 e. The second-order valence-electron chi connectivity index (χ2n) is 4.79. The fraction of sp³-hybridized carbons (Fsp3) is 0.400. The molecular weight excluding hydrogens is 276 g/mol. The standard InChI is InChI=1S/C10H16N2O4S2/c1-10(2,3)18(15,16)12-8-5-4-6-9(7-8)17(11,13)14/h4-7,12H,1-3H3,(H2,11,13,14). The Morgan fingerprint density at radius 3 is 2.11 bits per heavy atom. The van der Waals surface area contributed by atoms with Gasteiger partial charge in [-0.15, -0.1) is 0 Å². The van der Waals surface area contributed by atoms with Crippen LogP contribution in [0.1, 0.15) is 20.8 Å². The van der Waals surface area contributed by atoms with Crippen molar-refractivity contribution < 1.29 is 16.8 Å². The zero-order valence-electron chi connectivity index (χ0n) is 10.3. The molecule has 1 rings (SSSR count). The van der Waals surface area contributed by atoms with Gasteiger partial charge in [-0.05, 0) is 39.0 Å². The van der Waals surface area contributed by atoms with E-state index in [1.807, 2.05) is 0 Å². The zero-order chi connectivity index (χ0) is 14.2. The third-order valence-corrected chi connectivity index (χ3v) is 5.25. The minimum Gasteiger partial charge on any atom is -0.283 e. The first-order valence-corrected chi connectivity index (χ1v) is 8.12. The molecule has 0 radical (unpaired) electrons. The van der Waals surface area contributed by atoms with Gasteiger partial charge < -0.3 is 0 Å². The number of benzene rings is 1. The second kappa shape index (κ2) is 4.52. The molecule has 0 aliphatic carbocycles. The topological polar surface area (TPSA) is 106 Å². The zero-order valence-corrected chi connectivity index (χ0v) is 12.0. The van der Waals surface area contributed by atoms with E-state index < -0.39 is 24.8 Å². The molecule has 0 atom stereocenters. The summed E-state index contributed by atoms with van der Waals surface area (Å²) < 4.78 is 47.4. The average Bonchev–Trinajstić information content (AvgIpc) is 2.14. The van der Waals surface area contributed by atoms with Gasteiger partial charge in [0, 0.05) is 5.69 Å². The summed E-state index contributed by atoms with van der Waals surface area (Å²) >= 11 is 0. The number of anilines is 1. The van der Waals surface area contributed by atoms with Crippen molar-refractivity contribution in [3.63, 3.8) is 0 Å². The van der Waals surface area contributed by atoms with Crippen LogP contribution in [0.25, 0.3) is 0 Å². The number of nitrogens with two attached hydrogens (primary N) is 1. The van der Waals surface area contributed by atoms with E-state index in [2.05, 4.69) is 4.72 Å². The van der Waals surface area contributed by atoms with Gasteiger partial charge in [-0.25, -0.2) is 22.0 Å². The Balaban J connectivity index is 3.16. The molecular formula is C10H16N2O4S2. The van der Waals surface area contributed by atoms with Crippen molar-refractivity contribution in [2.24, 2.45) is 5.14 Å². The first-order valence-electron chi connectivity index (χ1n) is 5.09. The maximum Gasteiger partial charge on any atom is 0.238 e. The van der Waals surface area contributed by atoms with Crippen LogP contribution in [-0.2, 0) is 20.0 Å². The van der Waals surface area contributed by atoms with E-state index in [9.17, 15) is 16.8 Å². The van der Waals surface area contributed by atoms with E-state index in [0.717, 1.165) is 0 Å². The molecule has 0 unspecified atom stereocenters. The summed E-state index contributed by atoms with van der Waals surface area (Å²) in [6.45, 7) is 4.62. The van der Waals surface area contributed by atoms with Crippen LogP contribution in [0.15, 0.2) is 29.2 Å². The maximum atomic E-state index is 11.9. The van der Waals surface area contributed by atoms with Crippen LogP contribution in [0.4, 0.5) is 5.69 Å². The lowest BCUT2D eigenvalue weighted by molar-refractivity contribution is 0.566. The monoisotopic (exact) mass is 292 g/mol. The van der Waals surface area contributed by atoms with Crippen molar-refractivity contribution in [2.45, 2.75) is 30.4 Å². The summed E-state index contributed by atoms with van der Waals surface area (Å²) in [4.78, 5) is -0.142. The number of hydrogen-bond donors (Lipinski definition) is 2. The van der Waals surface area contributed by atoms with Gasteiger partial charge in [0.1, 0.15) is 0 Å². The van der Waals surface area contributed by atoms with Crippen molar-refractivity contribution in [3.05, 3.63) is 24.3 Å². The normalized spacial score (nSPS) is 13.3. The van der Waals surface area contributed by atoms with Gasteiger partial charge in [-0.3, -0.25) is 4.72 Å². The first-order chi connectivity index (χ1) is 7.93. The maximum absolute atomic E-state index is 11.9. The Morgan fingerprint density at radius 1 is 1.11 bits per heavy atom. The molecule has 0 aliphatic heterocycles. The van der Waals surface area contributed by atoms with Crippen molar-refractivity contribution in [1.82, 2.24) is 0 Å². The minimum absolute atomic E-state index is 0.142. The quantitative estimate of drug-likeness (QED) is 0.862. The molecule has 8 heteroatoms. The van der Waals surface area contributed by atoms with Gasteiger partial charge in [0.2, 0.25) is 20.0 Å². The molecule has 18 heavy (non-hydrogen) atoms. The fourth-order valence-corrected chi connectivity index (χ4v) is 2.35. The molecule has 0 fully saturated rings. The largest absolute Gasteiger partial charge is 0.283 e. The second-order valence-corrected chi connectivity index (χ2v) is 8.79. The van der Waals surface area contributed by atoms with Crippen LogP contribution < -0.4 is 9.86 Å². The molecule has 0 amide bonds. The van der Waals surface area contributed by atoms with Crippen molar-refractivity contribution >= 4 is 25.7 Å². The Bertz CT molecular complexity index is 643. The highest BCUT2D eigenvalue weighted by Gasteiger charge is 2.29. The molecule has 1 aromatic rings. The summed E-state index contributed by atoms with van der Waals surface area (Å²) in [6.07, 6.45) is 0. The molecule has 0 saturated heterocycles. The van der Waals surface area contributed by atoms with Gasteiger partial charge in [-0.2, -0.15) is 0 Å². The van der Waals surface area contributed by atoms with Crippen molar-refractivity contribution in [3.8, 4) is 0 Å². The van der Waals surface area contributed by atoms with Gasteiger partial charge >= 0.3 is 0 Å². The van der Waals surface area contributed by atoms with Gasteiger partial charge in [0.05, 0.1) is 9.64 Å².